The molecule has 0 aliphatic rings. The molecule has 1 atom stereocenters. The number of pyridine rings is 1. The third kappa shape index (κ3) is 5.20. The van der Waals surface area contributed by atoms with Crippen molar-refractivity contribution in [2.45, 2.75) is 38.8 Å². The molecule has 152 valence electrons. The quantitative estimate of drug-likeness (QED) is 0.628. The number of carboxylic acids is 1. The predicted octanol–water partition coefficient (Wildman–Crippen LogP) is 3.88. The van der Waals surface area contributed by atoms with Crippen molar-refractivity contribution in [3.63, 3.8) is 0 Å². The zero-order valence-electron chi connectivity index (χ0n) is 16.6. The van der Waals surface area contributed by atoms with Gasteiger partial charge in [-0.15, -0.1) is 0 Å². The average molecular weight is 396 g/mol. The Balaban J connectivity index is 1.88. The van der Waals surface area contributed by atoms with Crippen molar-refractivity contribution in [2.75, 3.05) is 6.61 Å². The molecule has 7 nitrogen and oxygen atoms in total. The lowest BCUT2D eigenvalue weighted by atomic mass is 10.1. The summed E-state index contributed by atoms with van der Waals surface area (Å²) < 4.78 is 11.0. The minimum Gasteiger partial charge on any atom is -0.480 e. The van der Waals surface area contributed by atoms with Crippen LogP contribution in [0.5, 0.6) is 0 Å². The van der Waals surface area contributed by atoms with Crippen LogP contribution in [0.3, 0.4) is 0 Å². The van der Waals surface area contributed by atoms with Crippen LogP contribution in [-0.2, 0) is 9.53 Å². The average Bonchev–Trinajstić information content (AvgIpc) is 3.20. The van der Waals surface area contributed by atoms with Crippen molar-refractivity contribution < 1.29 is 23.8 Å². The van der Waals surface area contributed by atoms with E-state index in [2.05, 4.69) is 10.3 Å². The summed E-state index contributed by atoms with van der Waals surface area (Å²) in [4.78, 5) is 29.2. The summed E-state index contributed by atoms with van der Waals surface area (Å²) in [6, 6.07) is 11.2. The number of benzene rings is 1. The number of rotatable bonds is 7. The van der Waals surface area contributed by atoms with Crippen molar-refractivity contribution in [3.05, 3.63) is 54.3 Å². The summed E-state index contributed by atoms with van der Waals surface area (Å²) in [7, 11) is 0. The smallest absolute Gasteiger partial charge is 0.326 e. The van der Waals surface area contributed by atoms with Crippen LogP contribution in [0.15, 0.2) is 53.1 Å². The van der Waals surface area contributed by atoms with Gasteiger partial charge in [0.2, 0.25) is 0 Å². The van der Waals surface area contributed by atoms with Crippen LogP contribution in [0, 0.1) is 0 Å². The minimum atomic E-state index is -1.11. The van der Waals surface area contributed by atoms with E-state index in [0.29, 0.717) is 27.9 Å². The molecule has 2 N–H and O–H groups in total. The molecule has 0 saturated carbocycles. The van der Waals surface area contributed by atoms with Crippen molar-refractivity contribution >= 4 is 22.8 Å². The summed E-state index contributed by atoms with van der Waals surface area (Å²) in [5.74, 6) is -1.07. The van der Waals surface area contributed by atoms with E-state index < -0.39 is 17.9 Å². The number of amides is 1. The molecule has 1 aromatic carbocycles. The Hall–Kier alpha value is -3.19. The van der Waals surface area contributed by atoms with Gasteiger partial charge in [-0.25, -0.2) is 9.78 Å². The number of nitrogens with one attached hydrogen (secondary N) is 1. The molecule has 2 heterocycles. The van der Waals surface area contributed by atoms with Gasteiger partial charge in [0.25, 0.3) is 5.91 Å². The van der Waals surface area contributed by atoms with Gasteiger partial charge in [-0.3, -0.25) is 4.79 Å². The van der Waals surface area contributed by atoms with Gasteiger partial charge in [-0.2, -0.15) is 0 Å². The van der Waals surface area contributed by atoms with Gasteiger partial charge in [-0.05, 0) is 45.0 Å². The highest BCUT2D eigenvalue weighted by Gasteiger charge is 2.23. The molecule has 1 amide bonds. The summed E-state index contributed by atoms with van der Waals surface area (Å²) in [5, 5.41) is 12.8. The van der Waals surface area contributed by atoms with Crippen molar-refractivity contribution in [3.8, 4) is 11.5 Å². The predicted molar refractivity (Wildman–Crippen MR) is 109 cm³/mol. The third-order valence-electron chi connectivity index (χ3n) is 4.28. The Morgan fingerprint density at radius 3 is 2.62 bits per heavy atom. The van der Waals surface area contributed by atoms with Gasteiger partial charge in [0.05, 0.1) is 22.9 Å². The monoisotopic (exact) mass is 396 g/mol. The molecule has 0 spiro atoms. The third-order valence-corrected chi connectivity index (χ3v) is 4.28. The molecule has 0 radical (unpaired) electrons. The molecule has 7 heteroatoms. The fraction of sp³-hybridized carbons (Fsp3) is 0.318. The van der Waals surface area contributed by atoms with E-state index in [0.717, 1.165) is 0 Å². The second-order valence-electron chi connectivity index (χ2n) is 7.66. The molecule has 0 bridgehead atoms. The Morgan fingerprint density at radius 1 is 1.21 bits per heavy atom. The zero-order valence-corrected chi connectivity index (χ0v) is 16.6. The molecule has 1 unspecified atom stereocenters. The van der Waals surface area contributed by atoms with Crippen molar-refractivity contribution in [2.24, 2.45) is 0 Å². The maximum absolute atomic E-state index is 13.0. The number of aromatic nitrogens is 1. The number of para-hydroxylation sites is 1. The molecular weight excluding hydrogens is 372 g/mol. The van der Waals surface area contributed by atoms with Crippen molar-refractivity contribution in [1.82, 2.24) is 10.3 Å². The maximum atomic E-state index is 13.0. The standard InChI is InChI=1S/C22H24N2O5/c1-22(2,3)29-12-10-17(21(26)27)24-20(25)15-13-18(19-9-6-11-28-19)23-16-8-5-4-7-14(15)16/h4-9,11,13,17H,10,12H2,1-3H3,(H,24,25)(H,26,27). The number of carboxylic acid groups (broad SMARTS) is 1. The highest BCUT2D eigenvalue weighted by Crippen LogP contribution is 2.25. The fourth-order valence-corrected chi connectivity index (χ4v) is 2.89. The summed E-state index contributed by atoms with van der Waals surface area (Å²) in [5.41, 5.74) is 1.08. The number of ether oxygens (including phenoxy) is 1. The van der Waals surface area contributed by atoms with E-state index in [9.17, 15) is 14.7 Å². The fourth-order valence-electron chi connectivity index (χ4n) is 2.89. The summed E-state index contributed by atoms with van der Waals surface area (Å²) in [6.07, 6.45) is 1.69. The maximum Gasteiger partial charge on any atom is 0.326 e. The van der Waals surface area contributed by atoms with E-state index >= 15 is 0 Å². The Bertz CT molecular complexity index is 1010. The first kappa shape index (κ1) is 20.5. The van der Waals surface area contributed by atoms with E-state index in [1.54, 1.807) is 36.4 Å². The van der Waals surface area contributed by atoms with Crippen LogP contribution < -0.4 is 5.32 Å². The summed E-state index contributed by atoms with van der Waals surface area (Å²) in [6.45, 7) is 5.89. The van der Waals surface area contributed by atoms with Gasteiger partial charge in [0, 0.05) is 18.4 Å². The van der Waals surface area contributed by atoms with E-state index in [1.165, 1.54) is 6.26 Å². The SMILES string of the molecule is CC(C)(C)OCCC(NC(=O)c1cc(-c2ccco2)nc2ccccc12)C(=O)O. The number of hydrogen-bond donors (Lipinski definition) is 2. The lowest BCUT2D eigenvalue weighted by molar-refractivity contribution is -0.140. The van der Waals surface area contributed by atoms with Crippen LogP contribution >= 0.6 is 0 Å². The number of carbonyl (C=O) groups is 2. The highest BCUT2D eigenvalue weighted by atomic mass is 16.5. The van der Waals surface area contributed by atoms with E-state index in [4.69, 9.17) is 9.15 Å². The van der Waals surface area contributed by atoms with Crippen LogP contribution in [-0.4, -0.2) is 40.2 Å². The molecule has 0 fully saturated rings. The normalized spacial score (nSPS) is 12.7. The van der Waals surface area contributed by atoms with Gasteiger partial charge in [-0.1, -0.05) is 18.2 Å². The van der Waals surface area contributed by atoms with Crippen LogP contribution in [0.25, 0.3) is 22.4 Å². The van der Waals surface area contributed by atoms with Gasteiger partial charge in [0.1, 0.15) is 11.7 Å². The molecule has 0 aliphatic heterocycles. The lowest BCUT2D eigenvalue weighted by Gasteiger charge is -2.21. The van der Waals surface area contributed by atoms with E-state index in [1.807, 2.05) is 26.8 Å². The van der Waals surface area contributed by atoms with Crippen LogP contribution in [0.2, 0.25) is 0 Å². The second-order valence-corrected chi connectivity index (χ2v) is 7.66. The first-order valence-corrected chi connectivity index (χ1v) is 9.36. The first-order valence-electron chi connectivity index (χ1n) is 9.36. The van der Waals surface area contributed by atoms with E-state index in [-0.39, 0.29) is 18.6 Å². The topological polar surface area (TPSA) is 102 Å². The first-order chi connectivity index (χ1) is 13.7. The molecule has 3 rings (SSSR count). The Morgan fingerprint density at radius 2 is 1.97 bits per heavy atom. The highest BCUT2D eigenvalue weighted by molar-refractivity contribution is 6.08. The number of hydrogen-bond acceptors (Lipinski definition) is 5. The number of furan rings is 1. The van der Waals surface area contributed by atoms with Gasteiger partial charge in [0.15, 0.2) is 5.76 Å². The molecule has 0 aliphatic carbocycles. The second kappa shape index (κ2) is 8.45. The number of aliphatic carboxylic acids is 1. The largest absolute Gasteiger partial charge is 0.480 e. The Kier molecular flexibility index (Phi) is 5.98. The Labute approximate surface area is 168 Å². The van der Waals surface area contributed by atoms with Gasteiger partial charge < -0.3 is 19.6 Å². The van der Waals surface area contributed by atoms with Crippen LogP contribution in [0.4, 0.5) is 0 Å². The number of fused-ring (bicyclic) bond motifs is 1. The molecule has 29 heavy (non-hydrogen) atoms. The summed E-state index contributed by atoms with van der Waals surface area (Å²) >= 11 is 0. The van der Waals surface area contributed by atoms with Crippen molar-refractivity contribution in [1.29, 1.82) is 0 Å². The zero-order chi connectivity index (χ0) is 21.0. The lowest BCUT2D eigenvalue weighted by Crippen LogP contribution is -2.42. The molecule has 0 saturated heterocycles. The van der Waals surface area contributed by atoms with Gasteiger partial charge >= 0.3 is 5.97 Å². The molecular formula is C22H24N2O5. The number of carbonyl (C=O) groups excluding carboxylic acids is 1. The molecule has 3 aromatic rings. The minimum absolute atomic E-state index is 0.159. The van der Waals surface area contributed by atoms with Crippen LogP contribution in [0.1, 0.15) is 37.6 Å². The number of nitrogens with zero attached hydrogens (tertiary/aromatic N) is 1. The molecule has 2 aromatic heterocycles.